The Kier molecular flexibility index (Phi) is 5.62. The van der Waals surface area contributed by atoms with Crippen LogP contribution in [0.5, 0.6) is 5.75 Å². The summed E-state index contributed by atoms with van der Waals surface area (Å²) in [5.41, 5.74) is 0.792. The van der Waals surface area contributed by atoms with Crippen molar-refractivity contribution in [3.05, 3.63) is 23.8 Å². The molecule has 2 fully saturated rings. The molecule has 0 aliphatic carbocycles. The number of nitrogens with zero attached hydrogens (tertiary/aromatic N) is 1. The lowest BCUT2D eigenvalue weighted by Gasteiger charge is -2.30. The van der Waals surface area contributed by atoms with Gasteiger partial charge in [-0.3, -0.25) is 0 Å². The number of hydrogen-bond donors (Lipinski definition) is 0. The quantitative estimate of drug-likeness (QED) is 0.712. The predicted molar refractivity (Wildman–Crippen MR) is 97.7 cm³/mol. The topological polar surface area (TPSA) is 90.0 Å². The average molecular weight is 404 g/mol. The van der Waals surface area contributed by atoms with Crippen LogP contribution >= 0.6 is 0 Å². The lowest BCUT2D eigenvalue weighted by molar-refractivity contribution is 0.0876. The van der Waals surface area contributed by atoms with Crippen LogP contribution in [0.15, 0.2) is 23.1 Å². The van der Waals surface area contributed by atoms with Crippen molar-refractivity contribution in [2.45, 2.75) is 43.2 Å². The highest BCUT2D eigenvalue weighted by Crippen LogP contribution is 2.32. The molecule has 7 nitrogen and oxygen atoms in total. The third-order valence-corrected chi connectivity index (χ3v) is 8.62. The van der Waals surface area contributed by atoms with E-state index in [2.05, 4.69) is 0 Å². The van der Waals surface area contributed by atoms with Crippen LogP contribution in [0.2, 0.25) is 0 Å². The molecule has 2 heterocycles. The van der Waals surface area contributed by atoms with Gasteiger partial charge >= 0.3 is 0 Å². The number of benzene rings is 1. The Hall–Kier alpha value is -1.16. The summed E-state index contributed by atoms with van der Waals surface area (Å²) in [4.78, 5) is 0.0716. The second kappa shape index (κ2) is 7.46. The first-order chi connectivity index (χ1) is 12.2. The van der Waals surface area contributed by atoms with Crippen LogP contribution in [0, 0.1) is 6.92 Å². The largest absolute Gasteiger partial charge is 0.495 e. The standard InChI is InChI=1S/C17H25NO6S2/c1-13-5-6-16(23-2)17(10-13)26(21,22)18(11-15-4-3-8-24-15)14-7-9-25(19,20)12-14/h5-6,10,14-15H,3-4,7-9,11-12H2,1-2H3/t14-,15+/m0/s1. The molecule has 0 spiro atoms. The normalized spacial score (nSPS) is 25.7. The van der Waals surface area contributed by atoms with E-state index in [1.165, 1.54) is 11.4 Å². The number of ether oxygens (including phenoxy) is 2. The SMILES string of the molecule is COc1ccc(C)cc1S(=O)(=O)N(C[C@H]1CCCO1)[C@H]1CCS(=O)(=O)C1. The fraction of sp³-hybridized carbons (Fsp3) is 0.647. The molecule has 0 bridgehead atoms. The van der Waals surface area contributed by atoms with Crippen molar-refractivity contribution in [2.75, 3.05) is 31.8 Å². The van der Waals surface area contributed by atoms with Crippen molar-refractivity contribution < 1.29 is 26.3 Å². The molecule has 0 amide bonds. The number of aryl methyl sites for hydroxylation is 1. The first kappa shape index (κ1) is 19.6. The van der Waals surface area contributed by atoms with Gasteiger partial charge in [-0.2, -0.15) is 4.31 Å². The van der Waals surface area contributed by atoms with E-state index in [0.717, 1.165) is 18.4 Å². The lowest BCUT2D eigenvalue weighted by atomic mass is 10.2. The van der Waals surface area contributed by atoms with E-state index in [1.54, 1.807) is 18.2 Å². The zero-order valence-corrected chi connectivity index (χ0v) is 16.7. The van der Waals surface area contributed by atoms with Crippen LogP contribution in [-0.2, 0) is 24.6 Å². The van der Waals surface area contributed by atoms with Gasteiger partial charge in [0, 0.05) is 19.2 Å². The van der Waals surface area contributed by atoms with Crippen molar-refractivity contribution in [2.24, 2.45) is 0 Å². The molecule has 1 aromatic carbocycles. The van der Waals surface area contributed by atoms with Crippen LogP contribution in [0.4, 0.5) is 0 Å². The second-order valence-corrected chi connectivity index (χ2v) is 11.0. The highest BCUT2D eigenvalue weighted by Gasteiger charge is 2.41. The van der Waals surface area contributed by atoms with E-state index in [-0.39, 0.29) is 34.8 Å². The van der Waals surface area contributed by atoms with Gasteiger partial charge in [0.2, 0.25) is 10.0 Å². The molecule has 2 saturated heterocycles. The Morgan fingerprint density at radius 2 is 2.08 bits per heavy atom. The Balaban J connectivity index is 2.00. The Labute approximate surface area is 155 Å². The van der Waals surface area contributed by atoms with Gasteiger partial charge in [0.1, 0.15) is 10.6 Å². The predicted octanol–water partition coefficient (Wildman–Crippen LogP) is 1.36. The van der Waals surface area contributed by atoms with Crippen LogP contribution in [0.1, 0.15) is 24.8 Å². The van der Waals surface area contributed by atoms with Crippen LogP contribution < -0.4 is 4.74 Å². The van der Waals surface area contributed by atoms with Crippen molar-refractivity contribution >= 4 is 19.9 Å². The van der Waals surface area contributed by atoms with Gasteiger partial charge in [-0.25, -0.2) is 16.8 Å². The Morgan fingerprint density at radius 1 is 1.31 bits per heavy atom. The molecule has 2 atom stereocenters. The lowest BCUT2D eigenvalue weighted by Crippen LogP contribution is -2.45. The van der Waals surface area contributed by atoms with Gasteiger partial charge in [-0.1, -0.05) is 6.07 Å². The number of sulfonamides is 1. The van der Waals surface area contributed by atoms with E-state index >= 15 is 0 Å². The molecule has 0 saturated carbocycles. The van der Waals surface area contributed by atoms with Crippen LogP contribution in [-0.4, -0.2) is 65.1 Å². The van der Waals surface area contributed by atoms with Gasteiger partial charge in [-0.05, 0) is 43.9 Å². The molecule has 0 unspecified atom stereocenters. The smallest absolute Gasteiger partial charge is 0.247 e. The number of sulfone groups is 1. The molecule has 2 aliphatic heterocycles. The third kappa shape index (κ3) is 4.05. The first-order valence-electron chi connectivity index (χ1n) is 8.71. The molecule has 26 heavy (non-hydrogen) atoms. The molecule has 0 radical (unpaired) electrons. The van der Waals surface area contributed by atoms with Gasteiger partial charge in [0.05, 0.1) is 24.7 Å². The highest BCUT2D eigenvalue weighted by atomic mass is 32.2. The molecule has 1 aromatic rings. The maximum Gasteiger partial charge on any atom is 0.247 e. The van der Waals surface area contributed by atoms with E-state index in [1.807, 2.05) is 6.92 Å². The van der Waals surface area contributed by atoms with Crippen molar-refractivity contribution in [1.29, 1.82) is 0 Å². The summed E-state index contributed by atoms with van der Waals surface area (Å²) in [6.45, 7) is 2.58. The van der Waals surface area contributed by atoms with E-state index in [0.29, 0.717) is 13.0 Å². The zero-order chi connectivity index (χ0) is 18.9. The van der Waals surface area contributed by atoms with Crippen LogP contribution in [0.25, 0.3) is 0 Å². The first-order valence-corrected chi connectivity index (χ1v) is 12.0. The van der Waals surface area contributed by atoms with Gasteiger partial charge in [0.25, 0.3) is 0 Å². The van der Waals surface area contributed by atoms with Crippen molar-refractivity contribution in [1.82, 2.24) is 4.31 Å². The summed E-state index contributed by atoms with van der Waals surface area (Å²) in [5.74, 6) is 0.126. The molecule has 0 N–H and O–H groups in total. The molecule has 2 aliphatic rings. The van der Waals surface area contributed by atoms with Crippen LogP contribution in [0.3, 0.4) is 0 Å². The Bertz CT molecular complexity index is 859. The van der Waals surface area contributed by atoms with E-state index < -0.39 is 25.9 Å². The summed E-state index contributed by atoms with van der Waals surface area (Å²) < 4.78 is 63.0. The van der Waals surface area contributed by atoms with Crippen molar-refractivity contribution in [3.8, 4) is 5.75 Å². The molecular weight excluding hydrogens is 378 g/mol. The fourth-order valence-electron chi connectivity index (χ4n) is 3.55. The second-order valence-electron chi connectivity index (χ2n) is 6.92. The molecular formula is C17H25NO6S2. The summed E-state index contributed by atoms with van der Waals surface area (Å²) in [7, 11) is -5.72. The fourth-order valence-corrected chi connectivity index (χ4v) is 7.30. The molecule has 146 valence electrons. The van der Waals surface area contributed by atoms with Gasteiger partial charge in [0.15, 0.2) is 9.84 Å². The zero-order valence-electron chi connectivity index (χ0n) is 15.0. The van der Waals surface area contributed by atoms with Gasteiger partial charge < -0.3 is 9.47 Å². The van der Waals surface area contributed by atoms with Gasteiger partial charge in [-0.15, -0.1) is 0 Å². The maximum absolute atomic E-state index is 13.4. The Morgan fingerprint density at radius 3 is 2.65 bits per heavy atom. The molecule has 0 aromatic heterocycles. The summed E-state index contributed by atoms with van der Waals surface area (Å²) >= 11 is 0. The number of hydrogen-bond acceptors (Lipinski definition) is 6. The minimum atomic E-state index is -3.92. The highest BCUT2D eigenvalue weighted by molar-refractivity contribution is 7.92. The molecule has 3 rings (SSSR count). The van der Waals surface area contributed by atoms with E-state index in [9.17, 15) is 16.8 Å². The van der Waals surface area contributed by atoms with E-state index in [4.69, 9.17) is 9.47 Å². The number of methoxy groups -OCH3 is 1. The number of rotatable bonds is 6. The summed E-state index contributed by atoms with van der Waals surface area (Å²) in [6, 6.07) is 4.40. The minimum Gasteiger partial charge on any atom is -0.495 e. The summed E-state index contributed by atoms with van der Waals surface area (Å²) in [6.07, 6.45) is 1.76. The maximum atomic E-state index is 13.4. The monoisotopic (exact) mass is 403 g/mol. The third-order valence-electron chi connectivity index (χ3n) is 4.93. The van der Waals surface area contributed by atoms with Crippen molar-refractivity contribution in [3.63, 3.8) is 0 Å². The summed E-state index contributed by atoms with van der Waals surface area (Å²) in [5, 5.41) is 0. The minimum absolute atomic E-state index is 0.0141. The molecule has 9 heteroatoms. The average Bonchev–Trinajstić information content (AvgIpc) is 3.21.